The molecule has 5 aromatic rings. The smallest absolute Gasteiger partial charge is 0.278 e. The van der Waals surface area contributed by atoms with E-state index in [4.69, 9.17) is 9.47 Å². The van der Waals surface area contributed by atoms with Crippen LogP contribution in [0.2, 0.25) is 0 Å². The van der Waals surface area contributed by atoms with Crippen LogP contribution in [0, 0.1) is 0 Å². The van der Waals surface area contributed by atoms with E-state index < -0.39 is 30.1 Å². The maximum Gasteiger partial charge on any atom is 0.278 e. The van der Waals surface area contributed by atoms with E-state index in [9.17, 15) is 15.0 Å². The first-order valence-corrected chi connectivity index (χ1v) is 15.0. The summed E-state index contributed by atoms with van der Waals surface area (Å²) in [5, 5.41) is 25.7. The van der Waals surface area contributed by atoms with Gasteiger partial charge in [0.2, 0.25) is 0 Å². The number of aliphatic hydroxyl groups is 2. The molecule has 2 aliphatic rings. The fraction of sp³-hybridized carbons (Fsp3) is 0.222. The number of rotatable bonds is 9. The molecule has 228 valence electrons. The Morgan fingerprint density at radius 2 is 1.33 bits per heavy atom. The van der Waals surface area contributed by atoms with Crippen LogP contribution >= 0.6 is 0 Å². The molecular weight excluding hydrogens is 568 g/mol. The van der Waals surface area contributed by atoms with Gasteiger partial charge in [-0.15, -0.1) is 0 Å². The summed E-state index contributed by atoms with van der Waals surface area (Å²) in [6.07, 6.45) is -2.91. The van der Waals surface area contributed by atoms with E-state index in [0.717, 1.165) is 22.3 Å². The van der Waals surface area contributed by atoms with Crippen molar-refractivity contribution in [1.29, 1.82) is 0 Å². The number of hydrogen-bond acceptors (Lipinski definition) is 7. The molecule has 0 spiro atoms. The molecule has 3 heterocycles. The number of benzene rings is 4. The van der Waals surface area contributed by atoms with Gasteiger partial charge < -0.3 is 29.9 Å². The summed E-state index contributed by atoms with van der Waals surface area (Å²) in [4.78, 5) is 19.4. The van der Waals surface area contributed by atoms with Gasteiger partial charge >= 0.3 is 0 Å². The molecule has 0 aliphatic carbocycles. The molecule has 45 heavy (non-hydrogen) atoms. The minimum Gasteiger partial charge on any atom is -0.387 e. The Labute approximate surface area is 261 Å². The number of amides is 1. The van der Waals surface area contributed by atoms with E-state index in [1.165, 1.54) is 6.33 Å². The summed E-state index contributed by atoms with van der Waals surface area (Å²) in [7, 11) is 0. The van der Waals surface area contributed by atoms with Gasteiger partial charge in [0.1, 0.15) is 29.7 Å². The second-order valence-electron chi connectivity index (χ2n) is 11.3. The average molecular weight is 603 g/mol. The number of ether oxygens (including phenoxy) is 2. The zero-order valence-corrected chi connectivity index (χ0v) is 24.5. The van der Waals surface area contributed by atoms with Crippen LogP contribution in [0.4, 0.5) is 5.82 Å². The SMILES string of the molecule is O=C1c2ncn([C@@H]3O[C@H](COC(c4ccccc4)(c4ccccc4)c4ccccc4)[C@@H](O)[C@H]3O)c2NCN1Cc1ccccc1. The largest absolute Gasteiger partial charge is 0.387 e. The molecule has 3 N–H and O–H groups in total. The Morgan fingerprint density at radius 3 is 1.89 bits per heavy atom. The molecule has 1 amide bonds. The van der Waals surface area contributed by atoms with Crippen LogP contribution in [0.1, 0.15) is 39.0 Å². The zero-order valence-electron chi connectivity index (χ0n) is 24.5. The van der Waals surface area contributed by atoms with E-state index in [-0.39, 0.29) is 24.9 Å². The summed E-state index contributed by atoms with van der Waals surface area (Å²) in [6.45, 7) is 0.672. The fourth-order valence-corrected chi connectivity index (χ4v) is 6.28. The quantitative estimate of drug-likeness (QED) is 0.213. The van der Waals surface area contributed by atoms with Gasteiger partial charge in [-0.05, 0) is 22.3 Å². The highest BCUT2D eigenvalue weighted by Crippen LogP contribution is 2.42. The van der Waals surface area contributed by atoms with E-state index in [0.29, 0.717) is 12.4 Å². The molecule has 7 rings (SSSR count). The van der Waals surface area contributed by atoms with Crippen LogP contribution in [0.25, 0.3) is 0 Å². The van der Waals surface area contributed by atoms with Crippen molar-refractivity contribution in [1.82, 2.24) is 14.5 Å². The molecule has 9 nitrogen and oxygen atoms in total. The second-order valence-corrected chi connectivity index (χ2v) is 11.3. The lowest BCUT2D eigenvalue weighted by Crippen LogP contribution is -2.40. The number of aromatic nitrogens is 2. The number of anilines is 1. The maximum atomic E-state index is 13.3. The molecule has 1 saturated heterocycles. The van der Waals surface area contributed by atoms with Gasteiger partial charge in [-0.2, -0.15) is 0 Å². The second kappa shape index (κ2) is 12.3. The van der Waals surface area contributed by atoms with Crippen molar-refractivity contribution < 1.29 is 24.5 Å². The minimum absolute atomic E-state index is 0.0263. The summed E-state index contributed by atoms with van der Waals surface area (Å²) >= 11 is 0. The number of fused-ring (bicyclic) bond motifs is 1. The lowest BCUT2D eigenvalue weighted by molar-refractivity contribution is -0.0945. The highest BCUT2D eigenvalue weighted by molar-refractivity contribution is 5.98. The van der Waals surface area contributed by atoms with Gasteiger partial charge in [0, 0.05) is 6.54 Å². The zero-order chi connectivity index (χ0) is 30.8. The predicted molar refractivity (Wildman–Crippen MR) is 168 cm³/mol. The third kappa shape index (κ3) is 5.30. The van der Waals surface area contributed by atoms with Crippen molar-refractivity contribution in [2.75, 3.05) is 18.6 Å². The molecule has 0 bridgehead atoms. The molecule has 0 saturated carbocycles. The number of imidazole rings is 1. The lowest BCUT2D eigenvalue weighted by Gasteiger charge is -2.37. The standard InChI is InChI=1S/C36H34N4O5/c41-31-29(22-44-36(26-15-7-2-8-16-26,27-17-9-3-10-18-27)28-19-11-4-12-20-28)45-35(32(31)42)40-24-37-30-33(40)38-23-39(34(30)43)21-25-13-5-1-6-14-25/h1-20,24,29,31-32,35,38,41-42H,21-23H2/t29-,31-,32-,35-/m1/s1. The third-order valence-corrected chi connectivity index (χ3v) is 8.55. The van der Waals surface area contributed by atoms with Crippen LogP contribution in [0.5, 0.6) is 0 Å². The number of hydrogen-bond donors (Lipinski definition) is 3. The number of nitrogens with one attached hydrogen (secondary N) is 1. The molecular formula is C36H34N4O5. The van der Waals surface area contributed by atoms with Crippen LogP contribution in [0.15, 0.2) is 128 Å². The van der Waals surface area contributed by atoms with Crippen molar-refractivity contribution in [2.45, 2.75) is 36.7 Å². The summed E-state index contributed by atoms with van der Waals surface area (Å²) in [5.74, 6) is 0.215. The summed E-state index contributed by atoms with van der Waals surface area (Å²) in [5.41, 5.74) is 2.97. The van der Waals surface area contributed by atoms with Gasteiger partial charge in [0.15, 0.2) is 11.9 Å². The van der Waals surface area contributed by atoms with E-state index >= 15 is 0 Å². The van der Waals surface area contributed by atoms with Crippen molar-refractivity contribution in [3.05, 3.63) is 156 Å². The van der Waals surface area contributed by atoms with Gasteiger partial charge in [0.05, 0.1) is 19.6 Å². The monoisotopic (exact) mass is 602 g/mol. The normalized spacial score (nSPS) is 21.4. The first kappa shape index (κ1) is 28.9. The molecule has 2 aliphatic heterocycles. The highest BCUT2D eigenvalue weighted by Gasteiger charge is 2.47. The maximum absolute atomic E-state index is 13.3. The molecule has 1 aromatic heterocycles. The fourth-order valence-electron chi connectivity index (χ4n) is 6.28. The van der Waals surface area contributed by atoms with E-state index in [2.05, 4.69) is 10.3 Å². The van der Waals surface area contributed by atoms with Crippen molar-refractivity contribution in [3.8, 4) is 0 Å². The Morgan fingerprint density at radius 1 is 0.800 bits per heavy atom. The Bertz CT molecular complexity index is 1640. The Kier molecular flexibility index (Phi) is 7.91. The predicted octanol–water partition coefficient (Wildman–Crippen LogP) is 4.54. The number of carbonyl (C=O) groups is 1. The minimum atomic E-state index is -1.28. The van der Waals surface area contributed by atoms with Crippen LogP contribution in [-0.2, 0) is 21.6 Å². The van der Waals surface area contributed by atoms with E-state index in [1.54, 1.807) is 9.47 Å². The topological polar surface area (TPSA) is 109 Å². The van der Waals surface area contributed by atoms with Gasteiger partial charge in [-0.3, -0.25) is 9.36 Å². The van der Waals surface area contributed by atoms with Crippen LogP contribution in [0.3, 0.4) is 0 Å². The molecule has 0 unspecified atom stereocenters. The summed E-state index contributed by atoms with van der Waals surface area (Å²) in [6, 6.07) is 39.6. The highest BCUT2D eigenvalue weighted by atomic mass is 16.6. The molecule has 4 aromatic carbocycles. The lowest BCUT2D eigenvalue weighted by atomic mass is 9.80. The molecule has 1 fully saturated rings. The van der Waals surface area contributed by atoms with Crippen LogP contribution in [-0.4, -0.2) is 62.2 Å². The number of aliphatic hydroxyl groups excluding tert-OH is 2. The molecule has 9 heteroatoms. The van der Waals surface area contributed by atoms with Crippen molar-refractivity contribution >= 4 is 11.7 Å². The number of nitrogens with zero attached hydrogens (tertiary/aromatic N) is 3. The Hall–Kier alpha value is -4.80. The van der Waals surface area contributed by atoms with Crippen molar-refractivity contribution in [2.24, 2.45) is 0 Å². The Balaban J connectivity index is 1.15. The van der Waals surface area contributed by atoms with E-state index in [1.807, 2.05) is 121 Å². The first-order chi connectivity index (χ1) is 22.1. The van der Waals surface area contributed by atoms with Gasteiger partial charge in [-0.1, -0.05) is 121 Å². The molecule has 4 atom stereocenters. The van der Waals surface area contributed by atoms with Gasteiger partial charge in [-0.25, -0.2) is 4.98 Å². The number of carbonyl (C=O) groups excluding carboxylic acids is 1. The first-order valence-electron chi connectivity index (χ1n) is 15.0. The average Bonchev–Trinajstić information content (AvgIpc) is 3.65. The summed E-state index contributed by atoms with van der Waals surface area (Å²) < 4.78 is 14.7. The van der Waals surface area contributed by atoms with Gasteiger partial charge in [0.25, 0.3) is 5.91 Å². The van der Waals surface area contributed by atoms with Crippen molar-refractivity contribution in [3.63, 3.8) is 0 Å². The molecule has 0 radical (unpaired) electrons. The van der Waals surface area contributed by atoms with Crippen LogP contribution < -0.4 is 5.32 Å². The third-order valence-electron chi connectivity index (χ3n) is 8.55.